The molecule has 0 saturated carbocycles. The van der Waals surface area contributed by atoms with Crippen LogP contribution in [-0.4, -0.2) is 23.7 Å². The van der Waals surface area contributed by atoms with E-state index in [0.717, 1.165) is 12.8 Å². The summed E-state index contributed by atoms with van der Waals surface area (Å²) in [4.78, 5) is 12.2. The van der Waals surface area contributed by atoms with Gasteiger partial charge in [0.25, 0.3) is 0 Å². The average Bonchev–Trinajstić information content (AvgIpc) is 2.35. The molecule has 1 amide bonds. The highest BCUT2D eigenvalue weighted by molar-refractivity contribution is 5.85. The molecule has 4 heteroatoms. The molecule has 98 valence electrons. The van der Waals surface area contributed by atoms with Crippen LogP contribution in [-0.2, 0) is 4.79 Å². The van der Waals surface area contributed by atoms with E-state index >= 15 is 0 Å². The molecule has 1 atom stereocenters. The monoisotopic (exact) mass is 240 g/mol. The minimum Gasteiger partial charge on any atom is -0.394 e. The van der Waals surface area contributed by atoms with E-state index in [1.807, 2.05) is 20.8 Å². The first-order valence-electron chi connectivity index (χ1n) is 6.43. The summed E-state index contributed by atoms with van der Waals surface area (Å²) in [6, 6.07) is 1.93. The molecule has 0 aliphatic heterocycles. The quantitative estimate of drug-likeness (QED) is 0.681. The number of amides is 1. The third-order valence-electron chi connectivity index (χ3n) is 3.05. The van der Waals surface area contributed by atoms with Gasteiger partial charge in [-0.05, 0) is 19.3 Å². The van der Waals surface area contributed by atoms with Crippen molar-refractivity contribution in [3.8, 4) is 6.07 Å². The zero-order chi connectivity index (χ0) is 13.3. The van der Waals surface area contributed by atoms with Crippen LogP contribution in [0.3, 0.4) is 0 Å². The highest BCUT2D eigenvalue weighted by Crippen LogP contribution is 2.29. The van der Waals surface area contributed by atoms with Gasteiger partial charge in [0.2, 0.25) is 5.91 Å². The Hall–Kier alpha value is -1.08. The minimum absolute atomic E-state index is 0.0814. The number of nitriles is 1. The summed E-state index contributed by atoms with van der Waals surface area (Å²) in [5.74, 6) is -0.232. The van der Waals surface area contributed by atoms with Gasteiger partial charge in [-0.2, -0.15) is 5.26 Å². The second-order valence-electron chi connectivity index (χ2n) is 4.46. The van der Waals surface area contributed by atoms with E-state index in [0.29, 0.717) is 19.3 Å². The summed E-state index contributed by atoms with van der Waals surface area (Å²) < 4.78 is 0. The number of aliphatic hydroxyl groups is 1. The van der Waals surface area contributed by atoms with Crippen LogP contribution in [0.15, 0.2) is 0 Å². The van der Waals surface area contributed by atoms with E-state index in [-0.39, 0.29) is 18.6 Å². The van der Waals surface area contributed by atoms with E-state index in [4.69, 9.17) is 5.11 Å². The fraction of sp³-hybridized carbons (Fsp3) is 0.846. The minimum atomic E-state index is -0.925. The van der Waals surface area contributed by atoms with Gasteiger partial charge in [0, 0.05) is 0 Å². The van der Waals surface area contributed by atoms with E-state index < -0.39 is 5.41 Å². The number of aliphatic hydroxyl groups excluding tert-OH is 1. The van der Waals surface area contributed by atoms with E-state index in [1.54, 1.807) is 0 Å². The molecule has 0 rings (SSSR count). The van der Waals surface area contributed by atoms with Crippen LogP contribution in [0.5, 0.6) is 0 Å². The van der Waals surface area contributed by atoms with Gasteiger partial charge in [-0.15, -0.1) is 0 Å². The maximum Gasteiger partial charge on any atom is 0.240 e. The fourth-order valence-electron chi connectivity index (χ4n) is 1.97. The van der Waals surface area contributed by atoms with Crippen molar-refractivity contribution in [1.82, 2.24) is 5.32 Å². The van der Waals surface area contributed by atoms with Gasteiger partial charge in [-0.1, -0.05) is 33.6 Å². The molecule has 0 radical (unpaired) electrons. The topological polar surface area (TPSA) is 73.1 Å². The highest BCUT2D eigenvalue weighted by Gasteiger charge is 2.37. The van der Waals surface area contributed by atoms with Gasteiger partial charge in [0.05, 0.1) is 18.7 Å². The Bertz CT molecular complexity index is 261. The molecular formula is C13H24N2O2. The lowest BCUT2D eigenvalue weighted by Crippen LogP contribution is -2.46. The summed E-state index contributed by atoms with van der Waals surface area (Å²) >= 11 is 0. The van der Waals surface area contributed by atoms with Crippen LogP contribution in [0, 0.1) is 16.7 Å². The molecule has 2 N–H and O–H groups in total. The summed E-state index contributed by atoms with van der Waals surface area (Å²) in [6.45, 7) is 5.76. The smallest absolute Gasteiger partial charge is 0.240 e. The Morgan fingerprint density at radius 1 is 1.35 bits per heavy atom. The molecule has 17 heavy (non-hydrogen) atoms. The lowest BCUT2D eigenvalue weighted by atomic mass is 9.79. The molecule has 0 fully saturated rings. The average molecular weight is 240 g/mol. The summed E-state index contributed by atoms with van der Waals surface area (Å²) in [6.07, 6.45) is 3.42. The summed E-state index contributed by atoms with van der Waals surface area (Å²) in [5, 5.41) is 21.1. The third kappa shape index (κ3) is 4.35. The van der Waals surface area contributed by atoms with Crippen molar-refractivity contribution >= 4 is 5.91 Å². The van der Waals surface area contributed by atoms with Gasteiger partial charge in [-0.3, -0.25) is 4.79 Å². The van der Waals surface area contributed by atoms with Crippen molar-refractivity contribution in [2.45, 2.75) is 58.9 Å². The zero-order valence-electron chi connectivity index (χ0n) is 11.1. The van der Waals surface area contributed by atoms with E-state index in [1.165, 1.54) is 0 Å². The maximum absolute atomic E-state index is 12.2. The maximum atomic E-state index is 12.2. The number of carbonyl (C=O) groups excluding carboxylic acids is 1. The van der Waals surface area contributed by atoms with Crippen LogP contribution >= 0.6 is 0 Å². The molecule has 0 aromatic rings. The summed E-state index contributed by atoms with van der Waals surface area (Å²) in [5.41, 5.74) is -0.925. The third-order valence-corrected chi connectivity index (χ3v) is 3.05. The predicted molar refractivity (Wildman–Crippen MR) is 67.2 cm³/mol. The molecule has 0 saturated heterocycles. The molecule has 4 nitrogen and oxygen atoms in total. The van der Waals surface area contributed by atoms with Crippen LogP contribution < -0.4 is 5.32 Å². The van der Waals surface area contributed by atoms with Gasteiger partial charge in [-0.25, -0.2) is 0 Å². The molecule has 1 unspecified atom stereocenters. The molecule has 0 aromatic carbocycles. The molecule has 0 aromatic heterocycles. The van der Waals surface area contributed by atoms with Crippen LogP contribution in [0.4, 0.5) is 0 Å². The van der Waals surface area contributed by atoms with Gasteiger partial charge in [0.1, 0.15) is 5.41 Å². The van der Waals surface area contributed by atoms with E-state index in [2.05, 4.69) is 11.4 Å². The first-order valence-corrected chi connectivity index (χ1v) is 6.43. The number of hydrogen-bond acceptors (Lipinski definition) is 3. The Morgan fingerprint density at radius 3 is 2.18 bits per heavy atom. The second-order valence-corrected chi connectivity index (χ2v) is 4.46. The van der Waals surface area contributed by atoms with Crippen LogP contribution in [0.1, 0.15) is 52.9 Å². The SMILES string of the molecule is CCCC(C#N)(CCC)C(=O)NC(CC)CO. The molecule has 0 aliphatic carbocycles. The highest BCUT2D eigenvalue weighted by atomic mass is 16.3. The number of hydrogen-bond donors (Lipinski definition) is 2. The number of nitrogens with one attached hydrogen (secondary N) is 1. The lowest BCUT2D eigenvalue weighted by Gasteiger charge is -2.27. The first kappa shape index (κ1) is 15.9. The molecule has 0 heterocycles. The standard InChI is InChI=1S/C13H24N2O2/c1-4-7-13(10-14,8-5-2)12(17)15-11(6-3)9-16/h11,16H,4-9H2,1-3H3,(H,15,17). The Balaban J connectivity index is 4.80. The zero-order valence-corrected chi connectivity index (χ0v) is 11.1. The van der Waals surface area contributed by atoms with Gasteiger partial charge >= 0.3 is 0 Å². The Morgan fingerprint density at radius 2 is 1.88 bits per heavy atom. The lowest BCUT2D eigenvalue weighted by molar-refractivity contribution is -0.130. The number of rotatable bonds is 8. The van der Waals surface area contributed by atoms with Crippen molar-refractivity contribution in [1.29, 1.82) is 5.26 Å². The predicted octanol–water partition coefficient (Wildman–Crippen LogP) is 1.98. The van der Waals surface area contributed by atoms with E-state index in [9.17, 15) is 10.1 Å². The van der Waals surface area contributed by atoms with Crippen molar-refractivity contribution in [2.75, 3.05) is 6.61 Å². The molecular weight excluding hydrogens is 216 g/mol. The Labute approximate surface area is 104 Å². The van der Waals surface area contributed by atoms with Crippen molar-refractivity contribution in [3.63, 3.8) is 0 Å². The number of nitrogens with zero attached hydrogens (tertiary/aromatic N) is 1. The van der Waals surface area contributed by atoms with Crippen LogP contribution in [0.2, 0.25) is 0 Å². The number of carbonyl (C=O) groups is 1. The van der Waals surface area contributed by atoms with Gasteiger partial charge < -0.3 is 10.4 Å². The van der Waals surface area contributed by atoms with Crippen molar-refractivity contribution in [2.24, 2.45) is 5.41 Å². The molecule has 0 aliphatic rings. The Kier molecular flexibility index (Phi) is 7.56. The van der Waals surface area contributed by atoms with Gasteiger partial charge in [0.15, 0.2) is 0 Å². The summed E-state index contributed by atoms with van der Waals surface area (Å²) in [7, 11) is 0. The largest absolute Gasteiger partial charge is 0.394 e. The molecule has 0 spiro atoms. The van der Waals surface area contributed by atoms with Crippen molar-refractivity contribution < 1.29 is 9.90 Å². The van der Waals surface area contributed by atoms with Crippen LogP contribution in [0.25, 0.3) is 0 Å². The second kappa shape index (κ2) is 8.08. The normalized spacial score (nSPS) is 12.9. The fourth-order valence-corrected chi connectivity index (χ4v) is 1.97. The molecule has 0 bridgehead atoms. The van der Waals surface area contributed by atoms with Crippen molar-refractivity contribution in [3.05, 3.63) is 0 Å². The first-order chi connectivity index (χ1) is 8.10.